The van der Waals surface area contributed by atoms with Gasteiger partial charge in [-0.2, -0.15) is 5.10 Å². The first-order chi connectivity index (χ1) is 10.1. The summed E-state index contributed by atoms with van der Waals surface area (Å²) in [5.74, 6) is -0.834. The van der Waals surface area contributed by atoms with E-state index in [1.54, 1.807) is 10.7 Å². The molecule has 0 aliphatic heterocycles. The van der Waals surface area contributed by atoms with Crippen molar-refractivity contribution in [2.75, 3.05) is 0 Å². The van der Waals surface area contributed by atoms with Crippen molar-refractivity contribution in [3.05, 3.63) is 46.0 Å². The summed E-state index contributed by atoms with van der Waals surface area (Å²) in [6.07, 6.45) is 3.04. The Morgan fingerprint density at radius 2 is 2.14 bits per heavy atom. The molecule has 2 bridgehead atoms. The number of carboxylic acid groups (broad SMARTS) is 1. The van der Waals surface area contributed by atoms with Crippen molar-refractivity contribution < 1.29 is 14.3 Å². The van der Waals surface area contributed by atoms with Gasteiger partial charge >= 0.3 is 5.97 Å². The van der Waals surface area contributed by atoms with E-state index in [9.17, 15) is 14.3 Å². The van der Waals surface area contributed by atoms with E-state index in [0.29, 0.717) is 11.6 Å². The van der Waals surface area contributed by atoms with Gasteiger partial charge in [0.05, 0.1) is 16.4 Å². The molecule has 2 aliphatic carbocycles. The lowest BCUT2D eigenvalue weighted by atomic mass is 9.95. The first-order valence-corrected chi connectivity index (χ1v) is 7.25. The maximum Gasteiger partial charge on any atom is 0.356 e. The Balaban J connectivity index is 1.97. The van der Waals surface area contributed by atoms with Gasteiger partial charge in [-0.1, -0.05) is 11.6 Å². The monoisotopic (exact) mass is 306 g/mol. The van der Waals surface area contributed by atoms with E-state index in [2.05, 4.69) is 5.10 Å². The summed E-state index contributed by atoms with van der Waals surface area (Å²) in [6.45, 7) is 0. The SMILES string of the molecule is O=C(O)c1nn(-c2ccc(F)cc2Cl)c2c1C1CCC2C1. The van der Waals surface area contributed by atoms with Crippen LogP contribution in [0.4, 0.5) is 4.39 Å². The topological polar surface area (TPSA) is 55.1 Å². The Morgan fingerprint density at radius 1 is 1.38 bits per heavy atom. The van der Waals surface area contributed by atoms with Crippen LogP contribution in [0.2, 0.25) is 5.02 Å². The number of carbonyl (C=O) groups is 1. The Bertz CT molecular complexity index is 771. The minimum absolute atomic E-state index is 0.109. The molecule has 1 aromatic heterocycles. The molecule has 0 saturated heterocycles. The molecule has 21 heavy (non-hydrogen) atoms. The van der Waals surface area contributed by atoms with Crippen molar-refractivity contribution in [3.63, 3.8) is 0 Å². The Hall–Kier alpha value is -1.88. The standard InChI is InChI=1S/C15H12ClFN2O2/c16-10-6-9(17)3-4-11(10)19-14-8-2-1-7(5-8)12(14)13(18-19)15(20)21/h3-4,6-8H,1-2,5H2,(H,20,21). The van der Waals surface area contributed by atoms with E-state index >= 15 is 0 Å². The van der Waals surface area contributed by atoms with Gasteiger partial charge in [0, 0.05) is 11.5 Å². The third kappa shape index (κ3) is 1.73. The van der Waals surface area contributed by atoms with Crippen LogP contribution in [0.1, 0.15) is 52.8 Å². The molecule has 0 amide bonds. The molecule has 1 heterocycles. The molecule has 4 nitrogen and oxygen atoms in total. The Kier molecular flexibility index (Phi) is 2.63. The van der Waals surface area contributed by atoms with Gasteiger partial charge in [-0.05, 0) is 43.4 Å². The van der Waals surface area contributed by atoms with Crippen LogP contribution >= 0.6 is 11.6 Å². The highest BCUT2D eigenvalue weighted by atomic mass is 35.5. The molecule has 2 aromatic rings. The quantitative estimate of drug-likeness (QED) is 0.920. The lowest BCUT2D eigenvalue weighted by Gasteiger charge is -2.14. The summed E-state index contributed by atoms with van der Waals surface area (Å²) in [6, 6.07) is 4.07. The summed E-state index contributed by atoms with van der Waals surface area (Å²) in [4.78, 5) is 11.5. The van der Waals surface area contributed by atoms with Gasteiger partial charge in [0.15, 0.2) is 5.69 Å². The van der Waals surface area contributed by atoms with Gasteiger partial charge in [-0.3, -0.25) is 0 Å². The zero-order valence-corrected chi connectivity index (χ0v) is 11.8. The number of nitrogens with zero attached hydrogens (tertiary/aromatic N) is 2. The molecule has 0 spiro atoms. The number of aromatic carboxylic acids is 1. The maximum atomic E-state index is 13.2. The fourth-order valence-electron chi connectivity index (χ4n) is 3.73. The maximum absolute atomic E-state index is 13.2. The molecule has 4 rings (SSSR count). The number of aromatic nitrogens is 2. The van der Waals surface area contributed by atoms with Crippen LogP contribution in [0.5, 0.6) is 0 Å². The second-order valence-corrected chi connectivity index (χ2v) is 6.07. The highest BCUT2D eigenvalue weighted by Gasteiger charge is 2.44. The first kappa shape index (κ1) is 12.8. The largest absolute Gasteiger partial charge is 0.476 e. The van der Waals surface area contributed by atoms with E-state index in [4.69, 9.17) is 11.6 Å². The smallest absolute Gasteiger partial charge is 0.356 e. The highest BCUT2D eigenvalue weighted by Crippen LogP contribution is 2.54. The van der Waals surface area contributed by atoms with Crippen LogP contribution in [0.25, 0.3) is 5.69 Å². The third-order valence-electron chi connectivity index (χ3n) is 4.53. The van der Waals surface area contributed by atoms with Gasteiger partial charge in [-0.25, -0.2) is 13.9 Å². The first-order valence-electron chi connectivity index (χ1n) is 6.87. The normalized spacial score (nSPS) is 22.6. The zero-order chi connectivity index (χ0) is 14.7. The number of carboxylic acids is 1. The molecule has 2 atom stereocenters. The van der Waals surface area contributed by atoms with Crippen LogP contribution in [0.3, 0.4) is 0 Å². The van der Waals surface area contributed by atoms with Crippen molar-refractivity contribution >= 4 is 17.6 Å². The van der Waals surface area contributed by atoms with Crippen molar-refractivity contribution in [1.29, 1.82) is 0 Å². The average molecular weight is 307 g/mol. The molecule has 1 aromatic carbocycles. The molecule has 108 valence electrons. The Labute approximate surface area is 125 Å². The number of fused-ring (bicyclic) bond motifs is 5. The van der Waals surface area contributed by atoms with Gasteiger partial charge in [-0.15, -0.1) is 0 Å². The second kappa shape index (κ2) is 4.31. The Morgan fingerprint density at radius 3 is 2.86 bits per heavy atom. The van der Waals surface area contributed by atoms with Gasteiger partial charge < -0.3 is 5.11 Å². The fourth-order valence-corrected chi connectivity index (χ4v) is 3.97. The zero-order valence-electron chi connectivity index (χ0n) is 11.0. The number of hydrogen-bond acceptors (Lipinski definition) is 2. The number of benzene rings is 1. The van der Waals surface area contributed by atoms with Crippen molar-refractivity contribution in [2.24, 2.45) is 0 Å². The van der Waals surface area contributed by atoms with E-state index in [1.807, 2.05) is 0 Å². The third-order valence-corrected chi connectivity index (χ3v) is 4.83. The lowest BCUT2D eigenvalue weighted by molar-refractivity contribution is 0.0688. The summed E-state index contributed by atoms with van der Waals surface area (Å²) in [7, 11) is 0. The molecular weight excluding hydrogens is 295 g/mol. The minimum Gasteiger partial charge on any atom is -0.476 e. The van der Waals surface area contributed by atoms with Crippen LogP contribution in [-0.2, 0) is 0 Å². The van der Waals surface area contributed by atoms with E-state index < -0.39 is 11.8 Å². The van der Waals surface area contributed by atoms with Gasteiger partial charge in [0.2, 0.25) is 0 Å². The molecule has 0 radical (unpaired) electrons. The molecule has 6 heteroatoms. The predicted octanol–water partition coefficient (Wildman–Crippen LogP) is 3.73. The molecule has 1 saturated carbocycles. The summed E-state index contributed by atoms with van der Waals surface area (Å²) < 4.78 is 14.8. The molecule has 1 N–H and O–H groups in total. The minimum atomic E-state index is -1.02. The van der Waals surface area contributed by atoms with Crippen LogP contribution in [-0.4, -0.2) is 20.9 Å². The summed E-state index contributed by atoms with van der Waals surface area (Å²) >= 11 is 6.11. The van der Waals surface area contributed by atoms with Crippen molar-refractivity contribution in [1.82, 2.24) is 9.78 Å². The lowest BCUT2D eigenvalue weighted by Crippen LogP contribution is -2.06. The number of halogens is 2. The summed E-state index contributed by atoms with van der Waals surface area (Å²) in [5.41, 5.74) is 2.43. The van der Waals surface area contributed by atoms with Gasteiger partial charge in [0.25, 0.3) is 0 Å². The summed E-state index contributed by atoms with van der Waals surface area (Å²) in [5, 5.41) is 13.9. The molecule has 2 aliphatic rings. The number of hydrogen-bond donors (Lipinski definition) is 1. The predicted molar refractivity (Wildman–Crippen MR) is 74.8 cm³/mol. The molecule has 2 unspecified atom stereocenters. The molecular formula is C15H12ClFN2O2. The molecule has 1 fully saturated rings. The van der Waals surface area contributed by atoms with Crippen LogP contribution in [0, 0.1) is 5.82 Å². The van der Waals surface area contributed by atoms with Gasteiger partial charge in [0.1, 0.15) is 5.82 Å². The van der Waals surface area contributed by atoms with Crippen LogP contribution < -0.4 is 0 Å². The average Bonchev–Trinajstić information content (AvgIpc) is 3.09. The highest BCUT2D eigenvalue weighted by molar-refractivity contribution is 6.32. The fraction of sp³-hybridized carbons (Fsp3) is 0.333. The van der Waals surface area contributed by atoms with E-state index in [-0.39, 0.29) is 16.6 Å². The van der Waals surface area contributed by atoms with E-state index in [0.717, 1.165) is 30.5 Å². The van der Waals surface area contributed by atoms with E-state index in [1.165, 1.54) is 12.1 Å². The number of rotatable bonds is 2. The van der Waals surface area contributed by atoms with Crippen molar-refractivity contribution in [2.45, 2.75) is 31.1 Å². The second-order valence-electron chi connectivity index (χ2n) is 5.67. The van der Waals surface area contributed by atoms with Crippen LogP contribution in [0.15, 0.2) is 18.2 Å². The van der Waals surface area contributed by atoms with Crippen molar-refractivity contribution in [3.8, 4) is 5.69 Å².